The minimum Gasteiger partial charge on any atom is -0.475 e. The van der Waals surface area contributed by atoms with Crippen LogP contribution in [0.2, 0.25) is 0 Å². The number of hydrogen-bond donors (Lipinski definition) is 2. The van der Waals surface area contributed by atoms with Gasteiger partial charge in [0.25, 0.3) is 0 Å². The zero-order valence-electron chi connectivity index (χ0n) is 11.1. The zero-order chi connectivity index (χ0) is 15.2. The first-order valence-corrected chi connectivity index (χ1v) is 6.38. The first-order valence-electron chi connectivity index (χ1n) is 6.38. The molecule has 1 aromatic heterocycles. The van der Waals surface area contributed by atoms with Gasteiger partial charge in [0.1, 0.15) is 11.6 Å². The Bertz CT molecular complexity index is 633. The lowest BCUT2D eigenvalue weighted by atomic mass is 10.1. The van der Waals surface area contributed by atoms with Gasteiger partial charge >= 0.3 is 5.97 Å². The molecule has 0 unspecified atom stereocenters. The largest absolute Gasteiger partial charge is 0.475 e. The topological polar surface area (TPSA) is 79.5 Å². The third-order valence-electron chi connectivity index (χ3n) is 2.89. The molecule has 0 radical (unpaired) electrons. The summed E-state index contributed by atoms with van der Waals surface area (Å²) in [5.74, 6) is -1.43. The maximum atomic E-state index is 12.7. The number of benzene rings is 1. The molecule has 1 aromatic carbocycles. The quantitative estimate of drug-likeness (QED) is 0.856. The number of aryl methyl sites for hydroxylation is 1. The van der Waals surface area contributed by atoms with E-state index in [0.717, 1.165) is 5.56 Å². The van der Waals surface area contributed by atoms with Gasteiger partial charge in [-0.05, 0) is 36.2 Å². The van der Waals surface area contributed by atoms with Crippen molar-refractivity contribution in [2.75, 3.05) is 0 Å². The molecule has 0 spiro atoms. The van der Waals surface area contributed by atoms with Crippen molar-refractivity contribution in [3.05, 3.63) is 59.3 Å². The summed E-state index contributed by atoms with van der Waals surface area (Å²) in [6, 6.07) is 8.81. The highest BCUT2D eigenvalue weighted by molar-refractivity contribution is 5.84. The number of carbonyl (C=O) groups is 2. The number of hydrogen-bond acceptors (Lipinski definition) is 3. The summed E-state index contributed by atoms with van der Waals surface area (Å²) in [5, 5.41) is 11.3. The van der Waals surface area contributed by atoms with Gasteiger partial charge in [0.05, 0.1) is 6.54 Å². The van der Waals surface area contributed by atoms with Gasteiger partial charge in [-0.15, -0.1) is 0 Å². The fraction of sp³-hybridized carbons (Fsp3) is 0.200. The van der Waals surface area contributed by atoms with Crippen LogP contribution in [0.15, 0.2) is 40.8 Å². The summed E-state index contributed by atoms with van der Waals surface area (Å²) in [5.41, 5.74) is 0.873. The highest BCUT2D eigenvalue weighted by atomic mass is 19.1. The lowest BCUT2D eigenvalue weighted by molar-refractivity contribution is -0.121. The van der Waals surface area contributed by atoms with Crippen LogP contribution in [0.5, 0.6) is 0 Å². The summed E-state index contributed by atoms with van der Waals surface area (Å²) in [6.45, 7) is 0.134. The maximum Gasteiger partial charge on any atom is 0.371 e. The molecule has 5 nitrogen and oxygen atoms in total. The van der Waals surface area contributed by atoms with Crippen molar-refractivity contribution in [1.29, 1.82) is 0 Å². The molecule has 2 aromatic rings. The van der Waals surface area contributed by atoms with Crippen LogP contribution in [0, 0.1) is 5.82 Å². The number of carboxylic acids is 1. The highest BCUT2D eigenvalue weighted by Crippen LogP contribution is 2.08. The third kappa shape index (κ3) is 4.45. The lowest BCUT2D eigenvalue weighted by Crippen LogP contribution is -2.22. The Morgan fingerprint density at radius 1 is 1.14 bits per heavy atom. The van der Waals surface area contributed by atoms with E-state index < -0.39 is 5.97 Å². The Labute approximate surface area is 120 Å². The molecule has 6 heteroatoms. The molecular formula is C15H14FNO4. The number of aromatic carboxylic acids is 1. The van der Waals surface area contributed by atoms with Crippen LogP contribution >= 0.6 is 0 Å². The van der Waals surface area contributed by atoms with Gasteiger partial charge in [0.15, 0.2) is 0 Å². The van der Waals surface area contributed by atoms with Crippen molar-refractivity contribution < 1.29 is 23.5 Å². The Morgan fingerprint density at radius 2 is 1.86 bits per heavy atom. The first kappa shape index (κ1) is 14.8. The minimum absolute atomic E-state index is 0.134. The average molecular weight is 291 g/mol. The molecule has 0 atom stereocenters. The Hall–Kier alpha value is -2.63. The summed E-state index contributed by atoms with van der Waals surface area (Å²) >= 11 is 0. The Kier molecular flexibility index (Phi) is 4.71. The van der Waals surface area contributed by atoms with Crippen LogP contribution in [0.1, 0.15) is 28.3 Å². The van der Waals surface area contributed by atoms with Crippen LogP contribution in [-0.4, -0.2) is 17.0 Å². The fourth-order valence-electron chi connectivity index (χ4n) is 1.77. The van der Waals surface area contributed by atoms with Gasteiger partial charge < -0.3 is 14.8 Å². The molecule has 21 heavy (non-hydrogen) atoms. The molecule has 0 aliphatic heterocycles. The van der Waals surface area contributed by atoms with Crippen LogP contribution in [0.3, 0.4) is 0 Å². The van der Waals surface area contributed by atoms with E-state index in [1.54, 1.807) is 12.1 Å². The average Bonchev–Trinajstić information content (AvgIpc) is 2.93. The second-order valence-electron chi connectivity index (χ2n) is 4.47. The van der Waals surface area contributed by atoms with Gasteiger partial charge in [-0.3, -0.25) is 4.79 Å². The lowest BCUT2D eigenvalue weighted by Gasteiger charge is -2.03. The monoisotopic (exact) mass is 291 g/mol. The molecule has 1 amide bonds. The summed E-state index contributed by atoms with van der Waals surface area (Å²) < 4.78 is 17.7. The second-order valence-corrected chi connectivity index (χ2v) is 4.47. The summed E-state index contributed by atoms with van der Waals surface area (Å²) in [7, 11) is 0. The van der Waals surface area contributed by atoms with Crippen molar-refractivity contribution in [3.63, 3.8) is 0 Å². The molecule has 0 aliphatic carbocycles. The fourth-order valence-corrected chi connectivity index (χ4v) is 1.77. The van der Waals surface area contributed by atoms with Crippen molar-refractivity contribution in [1.82, 2.24) is 5.32 Å². The number of amides is 1. The number of carboxylic acid groups (broad SMARTS) is 1. The molecule has 1 heterocycles. The van der Waals surface area contributed by atoms with E-state index in [0.29, 0.717) is 12.2 Å². The zero-order valence-corrected chi connectivity index (χ0v) is 11.1. The second kappa shape index (κ2) is 6.69. The molecule has 0 fully saturated rings. The normalized spacial score (nSPS) is 10.3. The van der Waals surface area contributed by atoms with Gasteiger partial charge in [-0.1, -0.05) is 12.1 Å². The van der Waals surface area contributed by atoms with E-state index in [1.165, 1.54) is 24.3 Å². The van der Waals surface area contributed by atoms with E-state index in [2.05, 4.69) is 5.32 Å². The number of nitrogens with one attached hydrogen (secondary N) is 1. The third-order valence-corrected chi connectivity index (χ3v) is 2.89. The van der Waals surface area contributed by atoms with E-state index in [-0.39, 0.29) is 30.5 Å². The molecule has 2 N–H and O–H groups in total. The highest BCUT2D eigenvalue weighted by Gasteiger charge is 2.09. The van der Waals surface area contributed by atoms with Crippen molar-refractivity contribution >= 4 is 11.9 Å². The van der Waals surface area contributed by atoms with Gasteiger partial charge in [-0.2, -0.15) is 0 Å². The van der Waals surface area contributed by atoms with Crippen LogP contribution in [0.25, 0.3) is 0 Å². The van der Waals surface area contributed by atoms with Crippen LogP contribution in [-0.2, 0) is 17.8 Å². The predicted molar refractivity (Wildman–Crippen MR) is 72.2 cm³/mol. The minimum atomic E-state index is -1.15. The Morgan fingerprint density at radius 3 is 2.48 bits per heavy atom. The van der Waals surface area contributed by atoms with Crippen molar-refractivity contribution in [3.8, 4) is 0 Å². The molecule has 0 saturated heterocycles. The molecule has 0 saturated carbocycles. The molecular weight excluding hydrogens is 277 g/mol. The van der Waals surface area contributed by atoms with E-state index >= 15 is 0 Å². The van der Waals surface area contributed by atoms with E-state index in [1.807, 2.05) is 0 Å². The van der Waals surface area contributed by atoms with Gasteiger partial charge in [0.2, 0.25) is 11.7 Å². The number of carbonyl (C=O) groups excluding carboxylic acids is 1. The smallest absolute Gasteiger partial charge is 0.371 e. The summed E-state index contributed by atoms with van der Waals surface area (Å²) in [6.07, 6.45) is 0.767. The molecule has 2 rings (SSSR count). The maximum absolute atomic E-state index is 12.7. The van der Waals surface area contributed by atoms with Crippen LogP contribution < -0.4 is 5.32 Å². The number of rotatable bonds is 6. The summed E-state index contributed by atoms with van der Waals surface area (Å²) in [4.78, 5) is 22.3. The van der Waals surface area contributed by atoms with Crippen molar-refractivity contribution in [2.45, 2.75) is 19.4 Å². The van der Waals surface area contributed by atoms with Crippen LogP contribution in [0.4, 0.5) is 4.39 Å². The van der Waals surface area contributed by atoms with Gasteiger partial charge in [-0.25, -0.2) is 9.18 Å². The SMILES string of the molecule is O=C(CCc1ccc(F)cc1)NCc1ccc(C(=O)O)o1. The van der Waals surface area contributed by atoms with E-state index in [9.17, 15) is 14.0 Å². The number of halogens is 1. The first-order chi connectivity index (χ1) is 10.0. The Balaban J connectivity index is 1.76. The standard InChI is InChI=1S/C15H14FNO4/c16-11-4-1-10(2-5-11)3-8-14(18)17-9-12-6-7-13(21-12)15(19)20/h1-2,4-7H,3,8-9H2,(H,17,18)(H,19,20). The molecule has 0 bridgehead atoms. The molecule has 110 valence electrons. The van der Waals surface area contributed by atoms with E-state index in [4.69, 9.17) is 9.52 Å². The molecule has 0 aliphatic rings. The predicted octanol–water partition coefficient (Wildman–Crippen LogP) is 2.37. The van der Waals surface area contributed by atoms with Gasteiger partial charge in [0, 0.05) is 6.42 Å². The number of furan rings is 1. The van der Waals surface area contributed by atoms with Crippen molar-refractivity contribution in [2.24, 2.45) is 0 Å².